The number of thiophene rings is 1. The van der Waals surface area contributed by atoms with E-state index >= 15 is 0 Å². The van der Waals surface area contributed by atoms with Crippen LogP contribution in [-0.2, 0) is 11.3 Å². The van der Waals surface area contributed by atoms with E-state index in [1.54, 1.807) is 11.3 Å². The maximum absolute atomic E-state index is 9.92. The van der Waals surface area contributed by atoms with Crippen LogP contribution in [0.2, 0.25) is 0 Å². The summed E-state index contributed by atoms with van der Waals surface area (Å²) in [5, 5.41) is 13.2. The highest BCUT2D eigenvalue weighted by Crippen LogP contribution is 2.25. The molecule has 5 heteroatoms. The highest BCUT2D eigenvalue weighted by molar-refractivity contribution is 9.11. The molecule has 2 N–H and O–H groups in total. The summed E-state index contributed by atoms with van der Waals surface area (Å²) in [6, 6.07) is 4.14. The molecule has 1 atom stereocenters. The molecule has 0 aromatic carbocycles. The monoisotopic (exact) mass is 361 g/mol. The first kappa shape index (κ1) is 16.4. The second kappa shape index (κ2) is 8.49. The lowest BCUT2D eigenvalue weighted by Crippen LogP contribution is -2.32. The minimum Gasteiger partial charge on any atom is -0.389 e. The third-order valence-electron chi connectivity index (χ3n) is 3.80. The highest BCUT2D eigenvalue weighted by atomic mass is 79.9. The van der Waals surface area contributed by atoms with Gasteiger partial charge in [-0.15, -0.1) is 11.3 Å². The van der Waals surface area contributed by atoms with E-state index in [9.17, 15) is 5.11 Å². The molecule has 1 saturated carbocycles. The van der Waals surface area contributed by atoms with Gasteiger partial charge in [0.2, 0.25) is 0 Å². The van der Waals surface area contributed by atoms with Crippen molar-refractivity contribution in [2.24, 2.45) is 5.92 Å². The van der Waals surface area contributed by atoms with Gasteiger partial charge in [-0.1, -0.05) is 6.92 Å². The van der Waals surface area contributed by atoms with Crippen LogP contribution >= 0.6 is 27.3 Å². The Balaban J connectivity index is 1.55. The van der Waals surface area contributed by atoms with E-state index in [1.165, 1.54) is 17.7 Å². The minimum absolute atomic E-state index is 0.356. The van der Waals surface area contributed by atoms with Crippen LogP contribution in [0, 0.1) is 5.92 Å². The van der Waals surface area contributed by atoms with Crippen LogP contribution < -0.4 is 5.32 Å². The number of hydrogen-bond donors (Lipinski definition) is 2. The van der Waals surface area contributed by atoms with Crippen molar-refractivity contribution in [2.75, 3.05) is 13.2 Å². The SMILES string of the molecule is CC1CCC(OCC(O)CNCc2ccc(Br)s2)CC1. The topological polar surface area (TPSA) is 41.5 Å². The van der Waals surface area contributed by atoms with Crippen LogP contribution in [0.15, 0.2) is 15.9 Å². The molecule has 1 aliphatic rings. The summed E-state index contributed by atoms with van der Waals surface area (Å²) in [5.74, 6) is 0.839. The molecule has 1 aromatic heterocycles. The Labute approximate surface area is 133 Å². The number of ether oxygens (including phenoxy) is 1. The molecule has 114 valence electrons. The summed E-state index contributed by atoms with van der Waals surface area (Å²) in [4.78, 5) is 1.27. The third kappa shape index (κ3) is 5.82. The van der Waals surface area contributed by atoms with E-state index in [2.05, 4.69) is 34.2 Å². The maximum atomic E-state index is 9.92. The Morgan fingerprint density at radius 1 is 1.40 bits per heavy atom. The van der Waals surface area contributed by atoms with Gasteiger partial charge in [-0.05, 0) is 59.7 Å². The summed E-state index contributed by atoms with van der Waals surface area (Å²) >= 11 is 5.16. The van der Waals surface area contributed by atoms with Crippen molar-refractivity contribution in [3.8, 4) is 0 Å². The van der Waals surface area contributed by atoms with E-state index in [-0.39, 0.29) is 0 Å². The predicted octanol–water partition coefficient (Wildman–Crippen LogP) is 3.56. The molecule has 0 bridgehead atoms. The van der Waals surface area contributed by atoms with Crippen molar-refractivity contribution >= 4 is 27.3 Å². The predicted molar refractivity (Wildman–Crippen MR) is 87.1 cm³/mol. The van der Waals surface area contributed by atoms with Gasteiger partial charge >= 0.3 is 0 Å². The van der Waals surface area contributed by atoms with Crippen molar-refractivity contribution in [2.45, 2.75) is 51.4 Å². The van der Waals surface area contributed by atoms with Crippen molar-refractivity contribution in [1.82, 2.24) is 5.32 Å². The van der Waals surface area contributed by atoms with Crippen molar-refractivity contribution in [1.29, 1.82) is 0 Å². The number of hydrogen-bond acceptors (Lipinski definition) is 4. The quantitative estimate of drug-likeness (QED) is 0.779. The minimum atomic E-state index is -0.419. The standard InChI is InChI=1S/C15H24BrNO2S/c1-11-2-4-13(5-3-11)19-10-12(18)8-17-9-14-6-7-15(16)20-14/h6-7,11-13,17-18H,2-5,8-10H2,1H3. The average Bonchev–Trinajstić information content (AvgIpc) is 2.84. The fourth-order valence-corrected chi connectivity index (χ4v) is 3.96. The molecule has 3 nitrogen and oxygen atoms in total. The second-order valence-electron chi connectivity index (χ2n) is 5.71. The molecular weight excluding hydrogens is 338 g/mol. The number of aliphatic hydroxyl groups is 1. The second-order valence-corrected chi connectivity index (χ2v) is 8.25. The summed E-state index contributed by atoms with van der Waals surface area (Å²) in [5.41, 5.74) is 0. The molecule has 0 aliphatic heterocycles. The first-order valence-electron chi connectivity index (χ1n) is 7.38. The molecule has 1 heterocycles. The molecule has 1 aliphatic carbocycles. The van der Waals surface area contributed by atoms with Crippen LogP contribution in [0.25, 0.3) is 0 Å². The van der Waals surface area contributed by atoms with Gasteiger partial charge in [-0.3, -0.25) is 0 Å². The zero-order chi connectivity index (χ0) is 14.4. The van der Waals surface area contributed by atoms with Crippen LogP contribution in [-0.4, -0.2) is 30.5 Å². The van der Waals surface area contributed by atoms with Gasteiger partial charge in [-0.25, -0.2) is 0 Å². The molecule has 1 fully saturated rings. The zero-order valence-corrected chi connectivity index (χ0v) is 14.4. The summed E-state index contributed by atoms with van der Waals surface area (Å²) in [6.07, 6.45) is 4.74. The normalized spacial score (nSPS) is 24.8. The van der Waals surface area contributed by atoms with E-state index in [1.807, 2.05) is 6.07 Å². The van der Waals surface area contributed by atoms with E-state index < -0.39 is 6.10 Å². The Bertz CT molecular complexity index is 391. The average molecular weight is 362 g/mol. The van der Waals surface area contributed by atoms with E-state index in [0.717, 1.165) is 29.1 Å². The van der Waals surface area contributed by atoms with Crippen LogP contribution in [0.5, 0.6) is 0 Å². The fourth-order valence-electron chi connectivity index (χ4n) is 2.51. The van der Waals surface area contributed by atoms with Gasteiger partial charge in [0.15, 0.2) is 0 Å². The molecule has 0 saturated heterocycles. The first-order valence-corrected chi connectivity index (χ1v) is 8.99. The number of aliphatic hydroxyl groups excluding tert-OH is 1. The molecular formula is C15H24BrNO2S. The molecule has 1 aromatic rings. The highest BCUT2D eigenvalue weighted by Gasteiger charge is 2.19. The summed E-state index contributed by atoms with van der Waals surface area (Å²) in [7, 11) is 0. The summed E-state index contributed by atoms with van der Waals surface area (Å²) < 4.78 is 6.95. The van der Waals surface area contributed by atoms with Gasteiger partial charge in [0.1, 0.15) is 0 Å². The Morgan fingerprint density at radius 3 is 2.80 bits per heavy atom. The molecule has 0 radical (unpaired) electrons. The lowest BCUT2D eigenvalue weighted by Gasteiger charge is -2.27. The lowest BCUT2D eigenvalue weighted by molar-refractivity contribution is -0.0278. The molecule has 20 heavy (non-hydrogen) atoms. The lowest BCUT2D eigenvalue weighted by atomic mass is 9.89. The van der Waals surface area contributed by atoms with Crippen molar-refractivity contribution in [3.63, 3.8) is 0 Å². The van der Waals surface area contributed by atoms with Gasteiger partial charge < -0.3 is 15.2 Å². The smallest absolute Gasteiger partial charge is 0.0897 e. The number of rotatable bonds is 7. The molecule has 2 rings (SSSR count). The third-order valence-corrected chi connectivity index (χ3v) is 5.42. The first-order chi connectivity index (χ1) is 9.63. The Morgan fingerprint density at radius 2 is 2.15 bits per heavy atom. The van der Waals surface area contributed by atoms with Crippen LogP contribution in [0.1, 0.15) is 37.5 Å². The van der Waals surface area contributed by atoms with Crippen molar-refractivity contribution < 1.29 is 9.84 Å². The molecule has 1 unspecified atom stereocenters. The largest absolute Gasteiger partial charge is 0.389 e. The zero-order valence-electron chi connectivity index (χ0n) is 12.0. The Hall–Kier alpha value is 0.0600. The van der Waals surface area contributed by atoms with Crippen LogP contribution in [0.4, 0.5) is 0 Å². The van der Waals surface area contributed by atoms with Gasteiger partial charge in [-0.2, -0.15) is 0 Å². The number of nitrogens with one attached hydrogen (secondary N) is 1. The van der Waals surface area contributed by atoms with E-state index in [4.69, 9.17) is 4.74 Å². The van der Waals surface area contributed by atoms with Crippen LogP contribution in [0.3, 0.4) is 0 Å². The molecule has 0 amide bonds. The fraction of sp³-hybridized carbons (Fsp3) is 0.733. The Kier molecular flexibility index (Phi) is 6.97. The maximum Gasteiger partial charge on any atom is 0.0897 e. The van der Waals surface area contributed by atoms with E-state index in [0.29, 0.717) is 19.3 Å². The van der Waals surface area contributed by atoms with Gasteiger partial charge in [0.25, 0.3) is 0 Å². The van der Waals surface area contributed by atoms with Gasteiger partial charge in [0.05, 0.1) is 22.6 Å². The van der Waals surface area contributed by atoms with Gasteiger partial charge in [0, 0.05) is 18.0 Å². The molecule has 0 spiro atoms. The summed E-state index contributed by atoms with van der Waals surface area (Å²) in [6.45, 7) is 4.13. The van der Waals surface area contributed by atoms with Crippen molar-refractivity contribution in [3.05, 3.63) is 20.8 Å². The number of halogens is 1.